The lowest BCUT2D eigenvalue weighted by atomic mass is 9.40. The van der Waals surface area contributed by atoms with Crippen LogP contribution in [0.1, 0.15) is 199 Å². The van der Waals surface area contributed by atoms with Crippen LogP contribution in [0.25, 0.3) is 0 Å². The molecule has 3 amide bonds. The number of rotatable bonds is 13. The molecular formula is C73H91N7O11. The first-order chi connectivity index (χ1) is 43.1. The molecule has 18 heteroatoms. The third kappa shape index (κ3) is 13.2. The van der Waals surface area contributed by atoms with Gasteiger partial charge in [0.25, 0.3) is 22.7 Å². The van der Waals surface area contributed by atoms with E-state index in [2.05, 4.69) is 36.7 Å². The van der Waals surface area contributed by atoms with Crippen molar-refractivity contribution in [1.82, 2.24) is 0 Å². The molecule has 16 aliphatic rings. The van der Waals surface area contributed by atoms with Crippen molar-refractivity contribution < 1.29 is 34.1 Å². The van der Waals surface area contributed by atoms with Crippen molar-refractivity contribution in [2.75, 3.05) is 16.0 Å². The standard InChI is InChI=1S/2C19H24N2O3.C18H22N2O3.C17H21NO2/c1-17-7-13-8-18(2,10-17)12-19(9-13,11-17)16(22)20-14-3-5-15(6-4-14)21(23)24;1-12-4-16(21(23)24)2-3-17(12)20-18(22)11-19-8-13-5-14(9-19)7-15(6-13)10-19;21-17(19-15-1-3-16(4-2-15)20(22)23)11-18-8-12-5-13(9-18)7-14(6-12)10-18;1-16-7-12-6-13(8-16)10-17(9-12,11-16)14-2-4-15(5-3-14)18(19)20/h3-6,13H,7-12H2,1-2H3,(H,20,22);2-4,13-15H,5-11H2,1H3,(H,20,22);1-4,12-14H,5-11H2,(H,19,21);2-5,12-13H,6-11H2,1H3. The Balaban J connectivity index is 0.000000111. The van der Waals surface area contributed by atoms with E-state index in [1.807, 2.05) is 12.1 Å². The molecule has 16 fully saturated rings. The smallest absolute Gasteiger partial charge is 0.269 e. The molecule has 0 spiro atoms. The number of anilines is 3. The molecule has 0 aromatic heterocycles. The first-order valence-electron chi connectivity index (χ1n) is 34.0. The van der Waals surface area contributed by atoms with Crippen molar-refractivity contribution in [1.29, 1.82) is 0 Å². The molecule has 4 aromatic rings. The Bertz CT molecular complexity index is 3430. The number of carbonyl (C=O) groups is 3. The highest BCUT2D eigenvalue weighted by Crippen LogP contribution is 2.70. The number of nitro groups is 4. The summed E-state index contributed by atoms with van der Waals surface area (Å²) in [4.78, 5) is 79.7. The number of amides is 3. The van der Waals surface area contributed by atoms with E-state index < -0.39 is 14.8 Å². The van der Waals surface area contributed by atoms with Crippen LogP contribution in [0.15, 0.2) is 91.0 Å². The molecule has 16 aliphatic carbocycles. The summed E-state index contributed by atoms with van der Waals surface area (Å²) >= 11 is 0. The van der Waals surface area contributed by atoms with E-state index in [1.165, 1.54) is 177 Å². The van der Waals surface area contributed by atoms with Gasteiger partial charge in [-0.05, 0) is 288 Å². The van der Waals surface area contributed by atoms with Gasteiger partial charge < -0.3 is 16.0 Å². The molecule has 20 rings (SSSR count). The minimum atomic E-state index is -0.430. The van der Waals surface area contributed by atoms with Crippen molar-refractivity contribution in [3.8, 4) is 0 Å². The van der Waals surface area contributed by atoms with Crippen LogP contribution in [0, 0.1) is 133 Å². The molecule has 484 valence electrons. The van der Waals surface area contributed by atoms with Crippen molar-refractivity contribution in [2.45, 2.75) is 200 Å². The molecule has 0 aliphatic heterocycles. The molecule has 3 N–H and O–H groups in total. The number of aryl methyl sites for hydroxylation is 1. The van der Waals surface area contributed by atoms with Gasteiger partial charge >= 0.3 is 0 Å². The quantitative estimate of drug-likeness (QED) is 0.0837. The Kier molecular flexibility index (Phi) is 16.2. The maximum absolute atomic E-state index is 13.1. The van der Waals surface area contributed by atoms with Crippen LogP contribution in [0.3, 0.4) is 0 Å². The zero-order valence-electron chi connectivity index (χ0n) is 53.5. The second kappa shape index (κ2) is 23.5. The van der Waals surface area contributed by atoms with Gasteiger partial charge in [-0.2, -0.15) is 0 Å². The second-order valence-electron chi connectivity index (χ2n) is 33.4. The average molecular weight is 1240 g/mol. The van der Waals surface area contributed by atoms with Gasteiger partial charge in [-0.3, -0.25) is 54.8 Å². The summed E-state index contributed by atoms with van der Waals surface area (Å²) in [6.07, 6.45) is 31.6. The molecule has 91 heavy (non-hydrogen) atoms. The molecule has 4 aromatic carbocycles. The highest BCUT2D eigenvalue weighted by Gasteiger charge is 2.63. The predicted octanol–water partition coefficient (Wildman–Crippen LogP) is 17.6. The highest BCUT2D eigenvalue weighted by atomic mass is 16.6. The maximum atomic E-state index is 13.1. The van der Waals surface area contributed by atoms with Gasteiger partial charge in [0, 0.05) is 78.4 Å². The molecule has 0 saturated heterocycles. The van der Waals surface area contributed by atoms with Crippen LogP contribution in [0.2, 0.25) is 0 Å². The minimum Gasteiger partial charge on any atom is -0.326 e. The molecule has 18 nitrogen and oxygen atoms in total. The normalized spacial score (nSPS) is 37.2. The number of carbonyl (C=O) groups excluding carboxylic acids is 3. The third-order valence-corrected chi connectivity index (χ3v) is 24.9. The van der Waals surface area contributed by atoms with E-state index in [9.17, 15) is 54.8 Å². The summed E-state index contributed by atoms with van der Waals surface area (Å²) < 4.78 is 0. The lowest BCUT2D eigenvalue weighted by Crippen LogP contribution is -2.58. The zero-order valence-corrected chi connectivity index (χ0v) is 53.5. The predicted molar refractivity (Wildman–Crippen MR) is 348 cm³/mol. The van der Waals surface area contributed by atoms with E-state index >= 15 is 0 Å². The van der Waals surface area contributed by atoms with Crippen LogP contribution in [-0.4, -0.2) is 37.4 Å². The number of nitrogens with zero attached hydrogens (tertiary/aromatic N) is 4. The summed E-state index contributed by atoms with van der Waals surface area (Å²) in [7, 11) is 0. The van der Waals surface area contributed by atoms with Crippen LogP contribution >= 0.6 is 0 Å². The summed E-state index contributed by atoms with van der Waals surface area (Å²) in [5.74, 6) is 7.70. The summed E-state index contributed by atoms with van der Waals surface area (Å²) in [5.41, 5.74) is 6.03. The van der Waals surface area contributed by atoms with Crippen molar-refractivity contribution >= 4 is 57.5 Å². The number of nitrogens with one attached hydrogen (secondary N) is 3. The number of hydrogen-bond donors (Lipinski definition) is 3. The lowest BCUT2D eigenvalue weighted by molar-refractivity contribution is -0.385. The van der Waals surface area contributed by atoms with Crippen molar-refractivity contribution in [3.63, 3.8) is 0 Å². The number of benzene rings is 4. The van der Waals surface area contributed by atoms with Gasteiger partial charge in [-0.1, -0.05) is 32.9 Å². The summed E-state index contributed by atoms with van der Waals surface area (Å²) in [5, 5.41) is 52.0. The van der Waals surface area contributed by atoms with E-state index in [0.717, 1.165) is 72.2 Å². The number of hydrogen-bond acceptors (Lipinski definition) is 11. The Morgan fingerprint density at radius 2 is 0.780 bits per heavy atom. The Hall–Kier alpha value is -7.11. The largest absolute Gasteiger partial charge is 0.326 e. The van der Waals surface area contributed by atoms with Gasteiger partial charge in [-0.15, -0.1) is 0 Å². The Morgan fingerprint density at radius 3 is 1.18 bits per heavy atom. The Labute approximate surface area is 533 Å². The first-order valence-corrected chi connectivity index (χ1v) is 34.0. The molecule has 16 saturated carbocycles. The topological polar surface area (TPSA) is 260 Å². The molecule has 4 unspecified atom stereocenters. The highest BCUT2D eigenvalue weighted by molar-refractivity contribution is 5.96. The fourth-order valence-electron chi connectivity index (χ4n) is 24.3. The summed E-state index contributed by atoms with van der Waals surface area (Å²) in [6, 6.07) is 24.2. The molecule has 16 bridgehead atoms. The number of nitro benzene ring substituents is 4. The van der Waals surface area contributed by atoms with Gasteiger partial charge in [0.15, 0.2) is 0 Å². The maximum Gasteiger partial charge on any atom is 0.269 e. The number of non-ortho nitro benzene ring substituents is 4. The van der Waals surface area contributed by atoms with Crippen molar-refractivity contribution in [3.05, 3.63) is 143 Å². The van der Waals surface area contributed by atoms with Crippen LogP contribution in [-0.2, 0) is 19.8 Å². The fraction of sp³-hybridized carbons (Fsp3) is 0.630. The van der Waals surface area contributed by atoms with Gasteiger partial charge in [0.2, 0.25) is 17.7 Å². The van der Waals surface area contributed by atoms with Crippen LogP contribution in [0.4, 0.5) is 39.8 Å². The molecule has 4 atom stereocenters. The second-order valence-corrected chi connectivity index (χ2v) is 33.4. The molecule has 0 radical (unpaired) electrons. The van der Waals surface area contributed by atoms with E-state index in [-0.39, 0.29) is 61.6 Å². The molecule has 0 heterocycles. The zero-order chi connectivity index (χ0) is 64.0. The van der Waals surface area contributed by atoms with E-state index in [1.54, 1.807) is 49.4 Å². The van der Waals surface area contributed by atoms with Gasteiger partial charge in [0.05, 0.1) is 25.1 Å². The minimum absolute atomic E-state index is 0.0443. The van der Waals surface area contributed by atoms with Gasteiger partial charge in [0.1, 0.15) is 0 Å². The van der Waals surface area contributed by atoms with Gasteiger partial charge in [-0.25, -0.2) is 0 Å². The molecular weight excluding hydrogens is 1150 g/mol. The van der Waals surface area contributed by atoms with Crippen molar-refractivity contribution in [2.24, 2.45) is 85.8 Å². The van der Waals surface area contributed by atoms with E-state index in [4.69, 9.17) is 0 Å². The SMILES string of the molecule is CC12CC3CC(C)(C1)CC(C(=O)Nc1ccc([N+](=O)[O-])cc1)(C3)C2.CC12CC3CC(C1)CC(c1ccc([N+](=O)[O-])cc1)(C3)C2.Cc1cc([N+](=O)[O-])ccc1NC(=O)CC12CC3CC(CC(C3)C1)C2.O=C(CC12CC3CC(CC(C3)C1)C2)Nc1ccc([N+](=O)[O-])cc1. The summed E-state index contributed by atoms with van der Waals surface area (Å²) in [6.45, 7) is 8.96. The lowest BCUT2D eigenvalue weighted by Gasteiger charge is -2.64. The average Bonchev–Trinajstić information content (AvgIpc) is 0.725. The van der Waals surface area contributed by atoms with E-state index in [0.29, 0.717) is 57.5 Å². The van der Waals surface area contributed by atoms with Crippen LogP contribution in [0.5, 0.6) is 0 Å². The first kappa shape index (κ1) is 62.7. The monoisotopic (exact) mass is 1240 g/mol. The fourth-order valence-corrected chi connectivity index (χ4v) is 24.3. The van der Waals surface area contributed by atoms with Crippen LogP contribution < -0.4 is 16.0 Å². The third-order valence-electron chi connectivity index (χ3n) is 24.9. The Morgan fingerprint density at radius 1 is 0.407 bits per heavy atom.